The first kappa shape index (κ1) is 17.3. The van der Waals surface area contributed by atoms with Crippen molar-refractivity contribution in [1.82, 2.24) is 9.80 Å². The number of hydrogen-bond acceptors (Lipinski definition) is 2. The van der Waals surface area contributed by atoms with Crippen LogP contribution in [0.1, 0.15) is 36.4 Å². The summed E-state index contributed by atoms with van der Waals surface area (Å²) < 4.78 is 0. The van der Waals surface area contributed by atoms with Gasteiger partial charge in [-0.3, -0.25) is 4.79 Å². The number of amides is 3. The Labute approximate surface area is 165 Å². The first-order valence-electron chi connectivity index (χ1n) is 10.2. The predicted molar refractivity (Wildman–Crippen MR) is 108 cm³/mol. The molecule has 5 nitrogen and oxygen atoms in total. The van der Waals surface area contributed by atoms with E-state index in [4.69, 9.17) is 0 Å². The molecule has 2 saturated heterocycles. The SMILES string of the molecule is O=C1C2CCCN(C(=O)Nc3ccccc3)C2CC2c3ccccc3CCN12. The van der Waals surface area contributed by atoms with Gasteiger partial charge in [0.2, 0.25) is 5.91 Å². The van der Waals surface area contributed by atoms with Crippen molar-refractivity contribution in [1.29, 1.82) is 0 Å². The number of rotatable bonds is 1. The van der Waals surface area contributed by atoms with Gasteiger partial charge in [0.25, 0.3) is 0 Å². The van der Waals surface area contributed by atoms with E-state index >= 15 is 0 Å². The van der Waals surface area contributed by atoms with E-state index in [0.717, 1.165) is 37.9 Å². The van der Waals surface area contributed by atoms with Gasteiger partial charge in [0, 0.05) is 24.8 Å². The van der Waals surface area contributed by atoms with Crippen LogP contribution in [0.25, 0.3) is 0 Å². The van der Waals surface area contributed by atoms with E-state index in [1.54, 1.807) is 0 Å². The first-order chi connectivity index (χ1) is 13.7. The third-order valence-corrected chi connectivity index (χ3v) is 6.54. The molecule has 3 heterocycles. The van der Waals surface area contributed by atoms with Gasteiger partial charge in [0.1, 0.15) is 0 Å². The van der Waals surface area contributed by atoms with Crippen LogP contribution in [0.3, 0.4) is 0 Å². The Morgan fingerprint density at radius 1 is 1.00 bits per heavy atom. The Balaban J connectivity index is 1.42. The fourth-order valence-electron chi connectivity index (χ4n) is 5.22. The summed E-state index contributed by atoms with van der Waals surface area (Å²) in [6, 6.07) is 18.0. The zero-order chi connectivity index (χ0) is 19.1. The van der Waals surface area contributed by atoms with Crippen LogP contribution in [0.5, 0.6) is 0 Å². The smallest absolute Gasteiger partial charge is 0.322 e. The van der Waals surface area contributed by atoms with E-state index in [2.05, 4.69) is 34.5 Å². The van der Waals surface area contributed by atoms with Crippen molar-refractivity contribution in [2.24, 2.45) is 5.92 Å². The fourth-order valence-corrected chi connectivity index (χ4v) is 5.22. The molecule has 0 spiro atoms. The van der Waals surface area contributed by atoms with Gasteiger partial charge in [-0.05, 0) is 48.9 Å². The van der Waals surface area contributed by atoms with E-state index in [1.165, 1.54) is 11.1 Å². The third-order valence-electron chi connectivity index (χ3n) is 6.54. The van der Waals surface area contributed by atoms with E-state index in [1.807, 2.05) is 35.2 Å². The molecular weight excluding hydrogens is 350 g/mol. The Morgan fingerprint density at radius 2 is 1.79 bits per heavy atom. The molecule has 28 heavy (non-hydrogen) atoms. The lowest BCUT2D eigenvalue weighted by Crippen LogP contribution is -2.60. The first-order valence-corrected chi connectivity index (χ1v) is 10.2. The summed E-state index contributed by atoms with van der Waals surface area (Å²) in [4.78, 5) is 30.3. The minimum Gasteiger partial charge on any atom is -0.335 e. The van der Waals surface area contributed by atoms with Crippen LogP contribution in [0.4, 0.5) is 10.5 Å². The van der Waals surface area contributed by atoms with Gasteiger partial charge in [-0.15, -0.1) is 0 Å². The predicted octanol–water partition coefficient (Wildman–Crippen LogP) is 3.83. The van der Waals surface area contributed by atoms with Crippen LogP contribution in [-0.2, 0) is 11.2 Å². The lowest BCUT2D eigenvalue weighted by Gasteiger charge is -2.51. The molecule has 3 aliphatic heterocycles. The summed E-state index contributed by atoms with van der Waals surface area (Å²) in [5, 5.41) is 3.01. The molecule has 2 aromatic rings. The second-order valence-corrected chi connectivity index (χ2v) is 8.04. The molecule has 2 fully saturated rings. The van der Waals surface area contributed by atoms with Gasteiger partial charge in [-0.25, -0.2) is 4.79 Å². The van der Waals surface area contributed by atoms with E-state index in [9.17, 15) is 9.59 Å². The maximum absolute atomic E-state index is 13.3. The molecule has 0 saturated carbocycles. The lowest BCUT2D eigenvalue weighted by molar-refractivity contribution is -0.148. The number of piperidine rings is 2. The highest BCUT2D eigenvalue weighted by Crippen LogP contribution is 2.43. The van der Waals surface area contributed by atoms with Crippen molar-refractivity contribution < 1.29 is 9.59 Å². The summed E-state index contributed by atoms with van der Waals surface area (Å²) in [5.74, 6) is 0.157. The normalized spacial score (nSPS) is 26.1. The van der Waals surface area contributed by atoms with Crippen molar-refractivity contribution in [2.45, 2.75) is 37.8 Å². The maximum atomic E-state index is 13.3. The molecule has 0 aromatic heterocycles. The highest BCUT2D eigenvalue weighted by atomic mass is 16.2. The largest absolute Gasteiger partial charge is 0.335 e. The van der Waals surface area contributed by atoms with Crippen LogP contribution < -0.4 is 5.32 Å². The number of fused-ring (bicyclic) bond motifs is 4. The van der Waals surface area contributed by atoms with Gasteiger partial charge in [0.05, 0.1) is 12.0 Å². The van der Waals surface area contributed by atoms with Gasteiger partial charge < -0.3 is 15.1 Å². The summed E-state index contributed by atoms with van der Waals surface area (Å²) >= 11 is 0. The van der Waals surface area contributed by atoms with Gasteiger partial charge in [-0.1, -0.05) is 42.5 Å². The maximum Gasteiger partial charge on any atom is 0.322 e. The lowest BCUT2D eigenvalue weighted by atomic mass is 9.76. The van der Waals surface area contributed by atoms with E-state index in [0.29, 0.717) is 6.54 Å². The minimum atomic E-state index is -0.0914. The molecular formula is C23H25N3O2. The van der Waals surface area contributed by atoms with E-state index in [-0.39, 0.29) is 29.9 Å². The number of nitrogens with zero attached hydrogens (tertiary/aromatic N) is 2. The van der Waals surface area contributed by atoms with Crippen LogP contribution in [-0.4, -0.2) is 40.9 Å². The molecule has 0 aliphatic carbocycles. The van der Waals surface area contributed by atoms with Crippen LogP contribution in [0.15, 0.2) is 54.6 Å². The third kappa shape index (κ3) is 2.86. The highest BCUT2D eigenvalue weighted by Gasteiger charge is 2.48. The average Bonchev–Trinajstić information content (AvgIpc) is 2.74. The molecule has 5 rings (SSSR count). The van der Waals surface area contributed by atoms with Gasteiger partial charge >= 0.3 is 6.03 Å². The Kier molecular flexibility index (Phi) is 4.30. The van der Waals surface area contributed by atoms with Crippen molar-refractivity contribution in [3.8, 4) is 0 Å². The number of carbonyl (C=O) groups is 2. The fraction of sp³-hybridized carbons (Fsp3) is 0.391. The molecule has 3 unspecified atom stereocenters. The van der Waals surface area contributed by atoms with Crippen LogP contribution >= 0.6 is 0 Å². The molecule has 0 radical (unpaired) electrons. The molecule has 3 aliphatic rings. The highest BCUT2D eigenvalue weighted by molar-refractivity contribution is 5.91. The molecule has 0 bridgehead atoms. The number of carbonyl (C=O) groups excluding carboxylic acids is 2. The zero-order valence-corrected chi connectivity index (χ0v) is 15.9. The van der Waals surface area contributed by atoms with Crippen molar-refractivity contribution in [3.05, 3.63) is 65.7 Å². The second-order valence-electron chi connectivity index (χ2n) is 8.04. The summed E-state index contributed by atoms with van der Waals surface area (Å²) in [6.45, 7) is 1.50. The van der Waals surface area contributed by atoms with Crippen LogP contribution in [0.2, 0.25) is 0 Å². The van der Waals surface area contributed by atoms with Crippen molar-refractivity contribution in [3.63, 3.8) is 0 Å². The number of para-hydroxylation sites is 1. The quantitative estimate of drug-likeness (QED) is 0.824. The van der Waals surface area contributed by atoms with Gasteiger partial charge in [-0.2, -0.15) is 0 Å². The minimum absolute atomic E-state index is 0.0302. The van der Waals surface area contributed by atoms with Crippen LogP contribution in [0, 0.1) is 5.92 Å². The monoisotopic (exact) mass is 375 g/mol. The average molecular weight is 375 g/mol. The number of nitrogens with one attached hydrogen (secondary N) is 1. The summed E-state index contributed by atoms with van der Waals surface area (Å²) in [6.07, 6.45) is 3.51. The molecule has 1 N–H and O–H groups in total. The van der Waals surface area contributed by atoms with Gasteiger partial charge in [0.15, 0.2) is 0 Å². The Morgan fingerprint density at radius 3 is 2.64 bits per heavy atom. The molecule has 144 valence electrons. The summed E-state index contributed by atoms with van der Waals surface area (Å²) in [7, 11) is 0. The molecule has 5 heteroatoms. The zero-order valence-electron chi connectivity index (χ0n) is 15.9. The second kappa shape index (κ2) is 6.97. The topological polar surface area (TPSA) is 52.7 Å². The Bertz CT molecular complexity index is 898. The summed E-state index contributed by atoms with van der Waals surface area (Å²) in [5.41, 5.74) is 3.39. The number of hydrogen-bond donors (Lipinski definition) is 1. The van der Waals surface area contributed by atoms with Crippen molar-refractivity contribution in [2.75, 3.05) is 18.4 Å². The Hall–Kier alpha value is -2.82. The standard InChI is InChI=1S/C23H25N3O2/c27-22-19-11-6-13-26(23(28)24-17-8-2-1-3-9-17)21(19)15-20-18-10-5-4-7-16(18)12-14-25(20)22/h1-5,7-10,19-21H,6,11-15H2,(H,24,28). The molecule has 3 atom stereocenters. The number of benzene rings is 2. The number of anilines is 1. The number of likely N-dealkylation sites (tertiary alicyclic amines) is 1. The molecule has 3 amide bonds. The number of urea groups is 1. The van der Waals surface area contributed by atoms with E-state index < -0.39 is 0 Å². The molecule has 2 aromatic carbocycles. The van der Waals surface area contributed by atoms with Crippen molar-refractivity contribution >= 4 is 17.6 Å².